The number of halogens is 2. The third kappa shape index (κ3) is 3.97. The summed E-state index contributed by atoms with van der Waals surface area (Å²) < 4.78 is 57.1. The fourth-order valence-corrected chi connectivity index (χ4v) is 4.92. The number of unbranched alkanes of at least 4 members (excludes halogenated alkanes) is 1. The third-order valence-corrected chi connectivity index (χ3v) is 6.39. The van der Waals surface area contributed by atoms with E-state index in [1.54, 1.807) is 13.0 Å². The van der Waals surface area contributed by atoms with Crippen molar-refractivity contribution >= 4 is 21.6 Å². The average Bonchev–Trinajstić information content (AvgIpc) is 2.60. The smallest absolute Gasteiger partial charge is 0.308 e. The summed E-state index contributed by atoms with van der Waals surface area (Å²) in [5.74, 6) is -1.08. The molecule has 1 N–H and O–H groups in total. The van der Waals surface area contributed by atoms with Crippen LogP contribution in [0.4, 0.5) is 20.2 Å². The SMILES string of the molecule is CNCCCCN1Cc2cc(F)ccc2N(c2ccc(C)cc2F)S1(=O)=O. The maximum Gasteiger partial charge on any atom is 0.308 e. The number of benzene rings is 2. The molecule has 1 heterocycles. The van der Waals surface area contributed by atoms with Crippen LogP contribution in [-0.4, -0.2) is 32.9 Å². The molecule has 0 spiro atoms. The van der Waals surface area contributed by atoms with E-state index in [9.17, 15) is 17.2 Å². The van der Waals surface area contributed by atoms with Crippen LogP contribution in [0.2, 0.25) is 0 Å². The van der Waals surface area contributed by atoms with E-state index < -0.39 is 21.8 Å². The van der Waals surface area contributed by atoms with Crippen molar-refractivity contribution in [1.82, 2.24) is 9.62 Å². The molecule has 5 nitrogen and oxygen atoms in total. The number of hydrogen-bond donors (Lipinski definition) is 1. The minimum atomic E-state index is -3.98. The van der Waals surface area contributed by atoms with E-state index in [0.29, 0.717) is 17.5 Å². The molecule has 1 aliphatic heterocycles. The Hall–Kier alpha value is -2.03. The molecule has 0 bridgehead atoms. The zero-order valence-corrected chi connectivity index (χ0v) is 16.2. The van der Waals surface area contributed by atoms with Gasteiger partial charge in [-0.2, -0.15) is 12.7 Å². The van der Waals surface area contributed by atoms with Gasteiger partial charge >= 0.3 is 10.2 Å². The van der Waals surface area contributed by atoms with Gasteiger partial charge in [-0.05, 0) is 74.8 Å². The van der Waals surface area contributed by atoms with E-state index in [4.69, 9.17) is 0 Å². The van der Waals surface area contributed by atoms with Gasteiger partial charge in [0.1, 0.15) is 11.6 Å². The molecular weight excluding hydrogens is 372 g/mol. The Labute approximate surface area is 158 Å². The Morgan fingerprint density at radius 2 is 1.81 bits per heavy atom. The maximum absolute atomic E-state index is 14.6. The highest BCUT2D eigenvalue weighted by atomic mass is 32.2. The molecule has 2 aromatic carbocycles. The molecule has 2 aromatic rings. The Morgan fingerprint density at radius 1 is 1.07 bits per heavy atom. The van der Waals surface area contributed by atoms with Gasteiger partial charge in [0.05, 0.1) is 11.4 Å². The summed E-state index contributed by atoms with van der Waals surface area (Å²) in [5.41, 5.74) is 1.42. The molecular formula is C19H23F2N3O2S. The van der Waals surface area contributed by atoms with Crippen LogP contribution in [0.25, 0.3) is 0 Å². The van der Waals surface area contributed by atoms with Crippen molar-refractivity contribution in [2.75, 3.05) is 24.4 Å². The van der Waals surface area contributed by atoms with Crippen LogP contribution in [0.5, 0.6) is 0 Å². The van der Waals surface area contributed by atoms with E-state index in [2.05, 4.69) is 5.32 Å². The van der Waals surface area contributed by atoms with Gasteiger partial charge in [0, 0.05) is 13.1 Å². The van der Waals surface area contributed by atoms with E-state index in [-0.39, 0.29) is 24.5 Å². The standard InChI is InChI=1S/C19H23F2N3O2S/c1-14-5-7-19(17(21)11-14)24-18-8-6-16(20)12-15(18)13-23(27(24,25)26)10-4-3-9-22-2/h5-8,11-12,22H,3-4,9-10,13H2,1-2H3. The molecule has 0 amide bonds. The van der Waals surface area contributed by atoms with Gasteiger partial charge in [-0.3, -0.25) is 0 Å². The second-order valence-corrected chi connectivity index (χ2v) is 8.42. The van der Waals surface area contributed by atoms with Crippen molar-refractivity contribution < 1.29 is 17.2 Å². The van der Waals surface area contributed by atoms with Gasteiger partial charge in [-0.1, -0.05) is 6.07 Å². The Kier molecular flexibility index (Phi) is 5.78. The predicted octanol–water partition coefficient (Wildman–Crippen LogP) is 3.47. The Balaban J connectivity index is 2.06. The molecule has 27 heavy (non-hydrogen) atoms. The lowest BCUT2D eigenvalue weighted by Gasteiger charge is -2.37. The summed E-state index contributed by atoms with van der Waals surface area (Å²) in [4.78, 5) is 0. The highest BCUT2D eigenvalue weighted by Gasteiger charge is 2.38. The van der Waals surface area contributed by atoms with Gasteiger partial charge in [0.15, 0.2) is 0 Å². The second-order valence-electron chi connectivity index (χ2n) is 6.64. The summed E-state index contributed by atoms with van der Waals surface area (Å²) in [6.45, 7) is 2.85. The quantitative estimate of drug-likeness (QED) is 0.762. The first-order chi connectivity index (χ1) is 12.8. The number of anilines is 2. The minimum Gasteiger partial charge on any atom is -0.320 e. The first-order valence-corrected chi connectivity index (χ1v) is 10.2. The van der Waals surface area contributed by atoms with E-state index in [1.165, 1.54) is 34.6 Å². The fraction of sp³-hybridized carbons (Fsp3) is 0.368. The minimum absolute atomic E-state index is 0.0617. The molecule has 146 valence electrons. The highest BCUT2D eigenvalue weighted by Crippen LogP contribution is 2.39. The van der Waals surface area contributed by atoms with Crippen LogP contribution in [0.15, 0.2) is 36.4 Å². The van der Waals surface area contributed by atoms with Crippen molar-refractivity contribution in [2.45, 2.75) is 26.3 Å². The van der Waals surface area contributed by atoms with Gasteiger partial charge in [0.2, 0.25) is 0 Å². The van der Waals surface area contributed by atoms with E-state index >= 15 is 0 Å². The number of hydrogen-bond acceptors (Lipinski definition) is 3. The van der Waals surface area contributed by atoms with Crippen LogP contribution in [-0.2, 0) is 16.8 Å². The zero-order chi connectivity index (χ0) is 19.6. The molecule has 0 fully saturated rings. The van der Waals surface area contributed by atoms with Gasteiger partial charge < -0.3 is 5.32 Å². The normalized spacial score (nSPS) is 16.4. The van der Waals surface area contributed by atoms with Gasteiger partial charge in [-0.15, -0.1) is 0 Å². The molecule has 0 saturated carbocycles. The lowest BCUT2D eigenvalue weighted by atomic mass is 10.1. The first kappa shape index (κ1) is 19.7. The largest absolute Gasteiger partial charge is 0.320 e. The number of nitrogens with one attached hydrogen (secondary N) is 1. The summed E-state index contributed by atoms with van der Waals surface area (Å²) >= 11 is 0. The van der Waals surface area contributed by atoms with Crippen molar-refractivity contribution in [3.8, 4) is 0 Å². The molecule has 0 unspecified atom stereocenters. The van der Waals surface area contributed by atoms with Gasteiger partial charge in [-0.25, -0.2) is 13.1 Å². The third-order valence-electron chi connectivity index (χ3n) is 4.57. The number of nitrogens with zero attached hydrogens (tertiary/aromatic N) is 2. The van der Waals surface area contributed by atoms with Crippen molar-refractivity contribution in [2.24, 2.45) is 0 Å². The van der Waals surface area contributed by atoms with Crippen LogP contribution in [0, 0.1) is 18.6 Å². The number of fused-ring (bicyclic) bond motifs is 1. The van der Waals surface area contributed by atoms with Crippen LogP contribution < -0.4 is 9.62 Å². The van der Waals surface area contributed by atoms with Crippen molar-refractivity contribution in [1.29, 1.82) is 0 Å². The second kappa shape index (κ2) is 7.92. The summed E-state index contributed by atoms with van der Waals surface area (Å²) in [5, 5.41) is 3.02. The summed E-state index contributed by atoms with van der Waals surface area (Å²) in [6, 6.07) is 8.28. The molecule has 8 heteroatoms. The van der Waals surface area contributed by atoms with E-state index in [0.717, 1.165) is 17.3 Å². The number of rotatable bonds is 6. The van der Waals surface area contributed by atoms with Crippen molar-refractivity contribution in [3.63, 3.8) is 0 Å². The van der Waals surface area contributed by atoms with Crippen LogP contribution in [0.1, 0.15) is 24.0 Å². The van der Waals surface area contributed by atoms with Crippen molar-refractivity contribution in [3.05, 3.63) is 59.2 Å². The fourth-order valence-electron chi connectivity index (χ4n) is 3.21. The van der Waals surface area contributed by atoms with Crippen LogP contribution in [0.3, 0.4) is 0 Å². The molecule has 1 aliphatic rings. The molecule has 0 aliphatic carbocycles. The van der Waals surface area contributed by atoms with Gasteiger partial charge in [0.25, 0.3) is 0 Å². The monoisotopic (exact) mass is 395 g/mol. The lowest BCUT2D eigenvalue weighted by molar-refractivity contribution is 0.387. The highest BCUT2D eigenvalue weighted by molar-refractivity contribution is 7.90. The predicted molar refractivity (Wildman–Crippen MR) is 102 cm³/mol. The lowest BCUT2D eigenvalue weighted by Crippen LogP contribution is -2.46. The first-order valence-electron chi connectivity index (χ1n) is 8.84. The summed E-state index contributed by atoms with van der Waals surface area (Å²) in [6.07, 6.45) is 1.45. The zero-order valence-electron chi connectivity index (χ0n) is 15.4. The summed E-state index contributed by atoms with van der Waals surface area (Å²) in [7, 11) is -2.15. The maximum atomic E-state index is 14.6. The molecule has 0 aromatic heterocycles. The molecule has 0 saturated heterocycles. The number of aryl methyl sites for hydroxylation is 1. The Morgan fingerprint density at radius 3 is 2.52 bits per heavy atom. The average molecular weight is 395 g/mol. The van der Waals surface area contributed by atoms with E-state index in [1.807, 2.05) is 7.05 Å². The topological polar surface area (TPSA) is 52.6 Å². The van der Waals surface area contributed by atoms with Crippen LogP contribution >= 0.6 is 0 Å². The molecule has 0 radical (unpaired) electrons. The Bertz CT molecular complexity index is 935. The molecule has 3 rings (SSSR count). The molecule has 0 atom stereocenters.